The van der Waals surface area contributed by atoms with E-state index in [1.807, 2.05) is 24.3 Å². The monoisotopic (exact) mass is 255 g/mol. The van der Waals surface area contributed by atoms with Gasteiger partial charge in [0, 0.05) is 17.9 Å². The van der Waals surface area contributed by atoms with Crippen molar-refractivity contribution < 1.29 is 9.15 Å². The fourth-order valence-corrected chi connectivity index (χ4v) is 2.39. The Morgan fingerprint density at radius 2 is 2.00 bits per heavy atom. The molecule has 0 atom stereocenters. The lowest BCUT2D eigenvalue weighted by atomic mass is 10.1. The van der Waals surface area contributed by atoms with Crippen molar-refractivity contribution in [1.82, 2.24) is 0 Å². The lowest BCUT2D eigenvalue weighted by Crippen LogP contribution is -2.25. The van der Waals surface area contributed by atoms with Crippen molar-refractivity contribution in [3.8, 4) is 0 Å². The fourth-order valence-electron chi connectivity index (χ4n) is 2.39. The van der Waals surface area contributed by atoms with E-state index in [1.165, 1.54) is 6.20 Å². The Labute approximate surface area is 112 Å². The summed E-state index contributed by atoms with van der Waals surface area (Å²) in [6, 6.07) is 9.70. The lowest BCUT2D eigenvalue weighted by molar-refractivity contribution is -0.575. The van der Waals surface area contributed by atoms with Gasteiger partial charge in [0.2, 0.25) is 11.7 Å². The smallest absolute Gasteiger partial charge is 0.224 e. The molecular weight excluding hydrogens is 238 g/mol. The zero-order chi connectivity index (χ0) is 13.4. The van der Waals surface area contributed by atoms with Crippen LogP contribution in [0.2, 0.25) is 0 Å². The van der Waals surface area contributed by atoms with Crippen molar-refractivity contribution in [2.45, 2.75) is 26.7 Å². The van der Waals surface area contributed by atoms with Crippen LogP contribution in [-0.4, -0.2) is 0 Å². The number of benzene rings is 1. The molecule has 3 nitrogen and oxygen atoms in total. The minimum absolute atomic E-state index is 0.648. The van der Waals surface area contributed by atoms with E-state index in [4.69, 9.17) is 4.42 Å². The van der Waals surface area contributed by atoms with Crippen molar-refractivity contribution >= 4 is 21.9 Å². The highest BCUT2D eigenvalue weighted by molar-refractivity contribution is 6.02. The Hall–Kier alpha value is -2.03. The van der Waals surface area contributed by atoms with E-state index in [0.717, 1.165) is 34.1 Å². The first-order valence-electron chi connectivity index (χ1n) is 6.68. The van der Waals surface area contributed by atoms with E-state index >= 15 is 0 Å². The summed E-state index contributed by atoms with van der Waals surface area (Å²) in [6.07, 6.45) is 3.53. The summed E-state index contributed by atoms with van der Waals surface area (Å²) >= 11 is 0. The molecule has 3 aromatic rings. The van der Waals surface area contributed by atoms with Gasteiger partial charge in [0.25, 0.3) is 0 Å². The van der Waals surface area contributed by atoms with Crippen molar-refractivity contribution in [3.63, 3.8) is 0 Å². The molecule has 0 amide bonds. The first-order valence-corrected chi connectivity index (χ1v) is 6.68. The second-order valence-electron chi connectivity index (χ2n) is 5.40. The maximum atomic E-state index is 11.9. The molecule has 3 rings (SSSR count). The average Bonchev–Trinajstić information content (AvgIpc) is 2.80. The summed E-state index contributed by atoms with van der Waals surface area (Å²) < 4.78 is 6.67. The number of nitrogens with zero attached hydrogens (tertiary/aromatic N) is 1. The lowest BCUT2D eigenvalue weighted by Gasteiger charge is -2.01. The number of rotatable bonds is 3. The van der Waals surface area contributed by atoms with Crippen LogP contribution in [0.4, 0.5) is 0 Å². The van der Waals surface area contributed by atoms with Crippen LogP contribution in [0.3, 0.4) is 0 Å². The van der Waals surface area contributed by atoms with E-state index in [9.17, 15) is 5.21 Å². The largest absolute Gasteiger partial charge is 0.618 e. The second kappa shape index (κ2) is 4.57. The van der Waals surface area contributed by atoms with Gasteiger partial charge in [0.1, 0.15) is 5.76 Å². The van der Waals surface area contributed by atoms with E-state index in [-0.39, 0.29) is 0 Å². The number of para-hydroxylation sites is 1. The molecule has 0 unspecified atom stereocenters. The van der Waals surface area contributed by atoms with E-state index in [0.29, 0.717) is 17.0 Å². The van der Waals surface area contributed by atoms with Crippen LogP contribution >= 0.6 is 0 Å². The van der Waals surface area contributed by atoms with Crippen molar-refractivity contribution in [2.75, 3.05) is 0 Å². The van der Waals surface area contributed by atoms with Crippen molar-refractivity contribution in [2.24, 2.45) is 5.92 Å². The number of aromatic nitrogens is 1. The van der Waals surface area contributed by atoms with Crippen molar-refractivity contribution in [1.29, 1.82) is 0 Å². The molecule has 0 saturated carbocycles. The van der Waals surface area contributed by atoms with E-state index in [1.54, 1.807) is 0 Å². The van der Waals surface area contributed by atoms with Gasteiger partial charge in [-0.2, -0.15) is 4.73 Å². The maximum absolute atomic E-state index is 11.9. The van der Waals surface area contributed by atoms with Gasteiger partial charge < -0.3 is 9.62 Å². The molecule has 0 bridgehead atoms. The summed E-state index contributed by atoms with van der Waals surface area (Å²) in [7, 11) is 0. The molecule has 0 spiro atoms. The molecule has 0 fully saturated rings. The molecule has 1 aromatic carbocycles. The Bertz CT molecular complexity index is 728. The fraction of sp³-hybridized carbons (Fsp3) is 0.312. The van der Waals surface area contributed by atoms with Gasteiger partial charge in [0.05, 0.1) is 5.39 Å². The molecule has 0 saturated heterocycles. The third-order valence-electron chi connectivity index (χ3n) is 3.45. The number of aryl methyl sites for hydroxylation is 1. The van der Waals surface area contributed by atoms with Crippen LogP contribution in [0.5, 0.6) is 0 Å². The van der Waals surface area contributed by atoms with Gasteiger partial charge in [-0.25, -0.2) is 0 Å². The average molecular weight is 255 g/mol. The first kappa shape index (κ1) is 12.0. The molecule has 0 aliphatic heterocycles. The normalized spacial score (nSPS) is 11.7. The van der Waals surface area contributed by atoms with Crippen LogP contribution in [0, 0.1) is 11.1 Å². The summed E-state index contributed by atoms with van der Waals surface area (Å²) in [5.41, 5.74) is 1.36. The molecule has 0 N–H and O–H groups in total. The number of hydrogen-bond acceptors (Lipinski definition) is 2. The van der Waals surface area contributed by atoms with Gasteiger partial charge in [0.15, 0.2) is 5.58 Å². The molecule has 2 aromatic heterocycles. The predicted octanol–water partition coefficient (Wildman–Crippen LogP) is 3.81. The number of furan rings is 1. The predicted molar refractivity (Wildman–Crippen MR) is 75.8 cm³/mol. The van der Waals surface area contributed by atoms with Crippen LogP contribution in [0.1, 0.15) is 26.0 Å². The van der Waals surface area contributed by atoms with Gasteiger partial charge in [-0.15, -0.1) is 0 Å². The highest BCUT2D eigenvalue weighted by atomic mass is 16.5. The summed E-state index contributed by atoms with van der Waals surface area (Å²) in [5, 5.41) is 13.9. The number of pyridine rings is 1. The Morgan fingerprint density at radius 1 is 1.21 bits per heavy atom. The highest BCUT2D eigenvalue weighted by Gasteiger charge is 2.13. The molecular formula is C16H17NO2. The van der Waals surface area contributed by atoms with E-state index < -0.39 is 0 Å². The summed E-state index contributed by atoms with van der Waals surface area (Å²) in [6.45, 7) is 4.40. The van der Waals surface area contributed by atoms with Gasteiger partial charge >= 0.3 is 0 Å². The summed E-state index contributed by atoms with van der Waals surface area (Å²) in [4.78, 5) is 0. The molecule has 0 aliphatic rings. The Kier molecular flexibility index (Phi) is 2.90. The van der Waals surface area contributed by atoms with Gasteiger partial charge in [-0.3, -0.25) is 0 Å². The number of fused-ring (bicyclic) bond motifs is 3. The van der Waals surface area contributed by atoms with Crippen molar-refractivity contribution in [3.05, 3.63) is 47.5 Å². The topological polar surface area (TPSA) is 40.1 Å². The molecule has 98 valence electrons. The molecule has 2 heterocycles. The Morgan fingerprint density at radius 3 is 2.79 bits per heavy atom. The minimum Gasteiger partial charge on any atom is -0.618 e. The standard InChI is InChI=1S/C16H17NO2/c1-11(2)7-8-12-9-14-13-5-3-4-6-15(13)17(18)10-16(14)19-12/h3-6,9-11H,7-8H2,1-2H3. The zero-order valence-corrected chi connectivity index (χ0v) is 11.2. The highest BCUT2D eigenvalue weighted by Crippen LogP contribution is 2.26. The summed E-state index contributed by atoms with van der Waals surface area (Å²) in [5.74, 6) is 1.61. The molecule has 0 aliphatic carbocycles. The van der Waals surface area contributed by atoms with Crippen LogP contribution < -0.4 is 4.73 Å². The number of hydrogen-bond donors (Lipinski definition) is 0. The third-order valence-corrected chi connectivity index (χ3v) is 3.45. The van der Waals surface area contributed by atoms with Crippen LogP contribution in [0.15, 0.2) is 40.9 Å². The first-order chi connectivity index (χ1) is 9.15. The van der Waals surface area contributed by atoms with Crippen LogP contribution in [0.25, 0.3) is 21.9 Å². The van der Waals surface area contributed by atoms with E-state index in [2.05, 4.69) is 19.9 Å². The van der Waals surface area contributed by atoms with Gasteiger partial charge in [-0.1, -0.05) is 26.0 Å². The quantitative estimate of drug-likeness (QED) is 0.527. The molecule has 19 heavy (non-hydrogen) atoms. The minimum atomic E-state index is 0.648. The van der Waals surface area contributed by atoms with Gasteiger partial charge in [-0.05, 0) is 24.5 Å². The molecule has 0 radical (unpaired) electrons. The maximum Gasteiger partial charge on any atom is 0.224 e. The zero-order valence-electron chi connectivity index (χ0n) is 11.2. The Balaban J connectivity index is 2.14. The SMILES string of the molecule is CC(C)CCc1cc2c(c[n+]([O-])c3ccccc23)o1. The second-order valence-corrected chi connectivity index (χ2v) is 5.40. The molecule has 3 heteroatoms. The third kappa shape index (κ3) is 2.16. The van der Waals surface area contributed by atoms with Crippen LogP contribution in [-0.2, 0) is 6.42 Å².